The van der Waals surface area contributed by atoms with Crippen molar-refractivity contribution in [1.29, 1.82) is 0 Å². The average molecular weight is 266 g/mol. The van der Waals surface area contributed by atoms with E-state index in [2.05, 4.69) is 37.9 Å². The first-order valence-corrected chi connectivity index (χ1v) is 8.45. The van der Waals surface area contributed by atoms with Gasteiger partial charge in [0.2, 0.25) is 0 Å². The van der Waals surface area contributed by atoms with E-state index in [0.29, 0.717) is 11.5 Å². The van der Waals surface area contributed by atoms with E-state index >= 15 is 0 Å². The zero-order valence-corrected chi connectivity index (χ0v) is 13.5. The van der Waals surface area contributed by atoms with Crippen molar-refractivity contribution in [1.82, 2.24) is 10.2 Å². The van der Waals surface area contributed by atoms with Crippen LogP contribution in [-0.4, -0.2) is 37.1 Å². The quantitative estimate of drug-likeness (QED) is 0.819. The molecule has 0 aromatic carbocycles. The van der Waals surface area contributed by atoms with E-state index in [4.69, 9.17) is 0 Å². The monoisotopic (exact) mass is 266 g/mol. The normalized spacial score (nSPS) is 32.1. The van der Waals surface area contributed by atoms with Gasteiger partial charge in [0, 0.05) is 32.2 Å². The van der Waals surface area contributed by atoms with Gasteiger partial charge in [-0.1, -0.05) is 40.5 Å². The molecule has 19 heavy (non-hydrogen) atoms. The van der Waals surface area contributed by atoms with E-state index in [9.17, 15) is 0 Å². The van der Waals surface area contributed by atoms with Crippen LogP contribution in [0, 0.1) is 17.3 Å². The largest absolute Gasteiger partial charge is 0.314 e. The minimum Gasteiger partial charge on any atom is -0.314 e. The summed E-state index contributed by atoms with van der Waals surface area (Å²) in [5.41, 5.74) is 0.570. The minimum atomic E-state index is 0.570. The van der Waals surface area contributed by atoms with Gasteiger partial charge >= 0.3 is 0 Å². The topological polar surface area (TPSA) is 15.3 Å². The summed E-state index contributed by atoms with van der Waals surface area (Å²) in [6.07, 6.45) is 7.18. The molecule has 2 nitrogen and oxygen atoms in total. The molecule has 2 heteroatoms. The van der Waals surface area contributed by atoms with E-state index in [0.717, 1.165) is 11.8 Å². The van der Waals surface area contributed by atoms with E-state index in [1.165, 1.54) is 58.3 Å². The van der Waals surface area contributed by atoms with Gasteiger partial charge in [0.05, 0.1) is 0 Å². The Morgan fingerprint density at radius 1 is 1.11 bits per heavy atom. The van der Waals surface area contributed by atoms with Crippen LogP contribution in [0.2, 0.25) is 0 Å². The highest BCUT2D eigenvalue weighted by molar-refractivity contribution is 4.91. The maximum atomic E-state index is 3.71. The molecule has 1 aliphatic carbocycles. The van der Waals surface area contributed by atoms with Gasteiger partial charge in [-0.05, 0) is 36.5 Å². The van der Waals surface area contributed by atoms with Gasteiger partial charge in [-0.25, -0.2) is 0 Å². The van der Waals surface area contributed by atoms with Crippen LogP contribution in [0.15, 0.2) is 0 Å². The minimum absolute atomic E-state index is 0.570. The number of rotatable bonds is 5. The summed E-state index contributed by atoms with van der Waals surface area (Å²) < 4.78 is 0. The summed E-state index contributed by atoms with van der Waals surface area (Å²) >= 11 is 0. The van der Waals surface area contributed by atoms with Gasteiger partial charge in [-0.15, -0.1) is 0 Å². The summed E-state index contributed by atoms with van der Waals surface area (Å²) in [4.78, 5) is 2.77. The van der Waals surface area contributed by atoms with E-state index in [1.807, 2.05) is 0 Å². The Bertz CT molecular complexity index is 258. The Hall–Kier alpha value is -0.0800. The zero-order valence-electron chi connectivity index (χ0n) is 13.5. The molecular formula is C17H34N2. The average Bonchev–Trinajstić information content (AvgIpc) is 2.74. The first kappa shape index (κ1) is 15.3. The maximum Gasteiger partial charge on any atom is 0.00504 e. The highest BCUT2D eigenvalue weighted by Gasteiger charge is 2.36. The lowest BCUT2D eigenvalue weighted by atomic mass is 9.83. The highest BCUT2D eigenvalue weighted by atomic mass is 15.1. The fourth-order valence-electron chi connectivity index (χ4n) is 4.33. The number of piperidine rings is 1. The molecule has 1 saturated carbocycles. The van der Waals surface area contributed by atoms with Crippen LogP contribution in [0.1, 0.15) is 59.8 Å². The van der Waals surface area contributed by atoms with Crippen molar-refractivity contribution in [3.8, 4) is 0 Å². The van der Waals surface area contributed by atoms with Crippen LogP contribution in [0.5, 0.6) is 0 Å². The van der Waals surface area contributed by atoms with Gasteiger partial charge in [0.25, 0.3) is 0 Å². The molecule has 2 rings (SSSR count). The molecule has 2 fully saturated rings. The number of nitrogens with zero attached hydrogens (tertiary/aromatic N) is 1. The van der Waals surface area contributed by atoms with Crippen molar-refractivity contribution in [2.24, 2.45) is 17.3 Å². The third-order valence-electron chi connectivity index (χ3n) is 5.05. The predicted octanol–water partition coefficient (Wildman–Crippen LogP) is 3.52. The number of likely N-dealkylation sites (tertiary alicyclic amines) is 1. The second-order valence-corrected chi connectivity index (χ2v) is 7.88. The first-order chi connectivity index (χ1) is 8.99. The van der Waals surface area contributed by atoms with Crippen LogP contribution in [0.25, 0.3) is 0 Å². The summed E-state index contributed by atoms with van der Waals surface area (Å²) in [5, 5.41) is 3.71. The van der Waals surface area contributed by atoms with Crippen LogP contribution in [0.4, 0.5) is 0 Å². The fraction of sp³-hybridized carbons (Fsp3) is 1.00. The van der Waals surface area contributed by atoms with Gasteiger partial charge in [0.1, 0.15) is 0 Å². The van der Waals surface area contributed by atoms with Crippen molar-refractivity contribution >= 4 is 0 Å². The van der Waals surface area contributed by atoms with Gasteiger partial charge in [-0.3, -0.25) is 0 Å². The third kappa shape index (κ3) is 4.46. The van der Waals surface area contributed by atoms with Gasteiger partial charge in [0.15, 0.2) is 0 Å². The lowest BCUT2D eigenvalue weighted by Crippen LogP contribution is -2.48. The summed E-state index contributed by atoms with van der Waals surface area (Å²) in [6.45, 7) is 14.6. The molecular weight excluding hydrogens is 232 g/mol. The third-order valence-corrected chi connectivity index (χ3v) is 5.05. The second-order valence-electron chi connectivity index (χ2n) is 7.88. The molecule has 0 aromatic heterocycles. The predicted molar refractivity (Wildman–Crippen MR) is 83.4 cm³/mol. The standard InChI is InChI=1S/C17H34N2/c1-14(2)18-12-17(7-5-6-8-17)13-19-10-15(3)9-16(4)11-19/h14-16,18H,5-13H2,1-4H3. The number of hydrogen-bond donors (Lipinski definition) is 1. The van der Waals surface area contributed by atoms with Crippen LogP contribution < -0.4 is 5.32 Å². The smallest absolute Gasteiger partial charge is 0.00504 e. The van der Waals surface area contributed by atoms with Gasteiger partial charge < -0.3 is 10.2 Å². The lowest BCUT2D eigenvalue weighted by Gasteiger charge is -2.41. The molecule has 2 aliphatic rings. The number of nitrogens with one attached hydrogen (secondary N) is 1. The molecule has 112 valence electrons. The van der Waals surface area contributed by atoms with Crippen molar-refractivity contribution in [3.05, 3.63) is 0 Å². The Labute approximate surface area is 120 Å². The van der Waals surface area contributed by atoms with Crippen molar-refractivity contribution in [2.45, 2.75) is 65.8 Å². The molecule has 0 aromatic rings. The molecule has 0 amide bonds. The molecule has 1 heterocycles. The SMILES string of the molecule is CC1CC(C)CN(CC2(CNC(C)C)CCCC2)C1. The Morgan fingerprint density at radius 2 is 1.68 bits per heavy atom. The zero-order chi connectivity index (χ0) is 13.9. The van der Waals surface area contributed by atoms with Gasteiger partial charge in [-0.2, -0.15) is 0 Å². The molecule has 0 spiro atoms. The molecule has 2 unspecified atom stereocenters. The van der Waals surface area contributed by atoms with Crippen LogP contribution in [-0.2, 0) is 0 Å². The molecule has 1 aliphatic heterocycles. The van der Waals surface area contributed by atoms with Crippen molar-refractivity contribution in [3.63, 3.8) is 0 Å². The summed E-state index contributed by atoms with van der Waals surface area (Å²) in [5.74, 6) is 1.78. The first-order valence-electron chi connectivity index (χ1n) is 8.45. The summed E-state index contributed by atoms with van der Waals surface area (Å²) in [6, 6.07) is 0.622. The van der Waals surface area contributed by atoms with E-state index < -0.39 is 0 Å². The van der Waals surface area contributed by atoms with Crippen molar-refractivity contribution < 1.29 is 0 Å². The highest BCUT2D eigenvalue weighted by Crippen LogP contribution is 2.39. The molecule has 1 N–H and O–H groups in total. The van der Waals surface area contributed by atoms with Crippen LogP contribution in [0.3, 0.4) is 0 Å². The van der Waals surface area contributed by atoms with Crippen LogP contribution >= 0.6 is 0 Å². The van der Waals surface area contributed by atoms with E-state index in [-0.39, 0.29) is 0 Å². The maximum absolute atomic E-state index is 3.71. The Balaban J connectivity index is 1.92. The molecule has 2 atom stereocenters. The molecule has 1 saturated heterocycles. The van der Waals surface area contributed by atoms with E-state index in [1.54, 1.807) is 0 Å². The number of hydrogen-bond acceptors (Lipinski definition) is 2. The Kier molecular flexibility index (Phi) is 5.30. The Morgan fingerprint density at radius 3 is 2.21 bits per heavy atom. The fourth-order valence-corrected chi connectivity index (χ4v) is 4.33. The molecule has 0 radical (unpaired) electrons. The molecule has 0 bridgehead atoms. The second kappa shape index (κ2) is 6.58. The summed E-state index contributed by atoms with van der Waals surface area (Å²) in [7, 11) is 0. The lowest BCUT2D eigenvalue weighted by molar-refractivity contribution is 0.0821. The van der Waals surface area contributed by atoms with Crippen molar-refractivity contribution in [2.75, 3.05) is 26.2 Å².